The van der Waals surface area contributed by atoms with Crippen LogP contribution in [0, 0.1) is 0 Å². The summed E-state index contributed by atoms with van der Waals surface area (Å²) in [5.74, 6) is -1.08. The van der Waals surface area contributed by atoms with Crippen LogP contribution in [-0.2, 0) is 9.53 Å². The van der Waals surface area contributed by atoms with Crippen LogP contribution in [0.5, 0.6) is 0 Å². The number of rotatable bonds is 3. The van der Waals surface area contributed by atoms with E-state index in [4.69, 9.17) is 9.84 Å². The minimum atomic E-state index is -1.08. The van der Waals surface area contributed by atoms with Gasteiger partial charge in [0.25, 0.3) is 0 Å². The van der Waals surface area contributed by atoms with Crippen LogP contribution in [0.4, 0.5) is 4.79 Å². The molecule has 0 aromatic heterocycles. The van der Waals surface area contributed by atoms with Crippen molar-refractivity contribution < 1.29 is 19.4 Å². The van der Waals surface area contributed by atoms with Gasteiger partial charge in [-0.2, -0.15) is 0 Å². The first-order chi connectivity index (χ1) is 7.66. The molecule has 6 heteroatoms. The van der Waals surface area contributed by atoms with Crippen molar-refractivity contribution >= 4 is 12.1 Å². The van der Waals surface area contributed by atoms with Gasteiger partial charge in [0.05, 0.1) is 6.54 Å². The van der Waals surface area contributed by atoms with Crippen molar-refractivity contribution in [1.82, 2.24) is 10.2 Å². The molecule has 1 unspecified atom stereocenters. The third-order valence-electron chi connectivity index (χ3n) is 3.02. The van der Waals surface area contributed by atoms with E-state index in [9.17, 15) is 9.59 Å². The molecule has 2 aliphatic heterocycles. The summed E-state index contributed by atoms with van der Waals surface area (Å²) in [5.41, 5.74) is 0. The molecule has 0 aliphatic carbocycles. The molecule has 6 nitrogen and oxygen atoms in total. The standard InChI is InChI=1S/C10H16N2O4/c13-9(14)8-6-12(10(15)16-8)5-7-3-1-2-4-11-7/h7-8,11H,1-6H2,(H,13,14)/t7?,8-/m1/s1. The number of aliphatic carboxylic acids is 1. The van der Waals surface area contributed by atoms with E-state index in [0.29, 0.717) is 6.54 Å². The van der Waals surface area contributed by atoms with Crippen molar-refractivity contribution in [2.24, 2.45) is 0 Å². The van der Waals surface area contributed by atoms with Gasteiger partial charge in [0, 0.05) is 12.6 Å². The van der Waals surface area contributed by atoms with Crippen LogP contribution in [0.25, 0.3) is 0 Å². The number of hydrogen-bond donors (Lipinski definition) is 2. The summed E-state index contributed by atoms with van der Waals surface area (Å²) in [6, 6.07) is 0.272. The highest BCUT2D eigenvalue weighted by atomic mass is 16.6. The molecule has 0 bridgehead atoms. The van der Waals surface area contributed by atoms with Gasteiger partial charge in [0.1, 0.15) is 0 Å². The maximum atomic E-state index is 11.4. The molecule has 0 saturated carbocycles. The first kappa shape index (κ1) is 11.2. The van der Waals surface area contributed by atoms with Crippen LogP contribution >= 0.6 is 0 Å². The number of nitrogens with one attached hydrogen (secondary N) is 1. The van der Waals surface area contributed by atoms with E-state index >= 15 is 0 Å². The van der Waals surface area contributed by atoms with Gasteiger partial charge in [-0.15, -0.1) is 0 Å². The fourth-order valence-electron chi connectivity index (χ4n) is 2.13. The maximum Gasteiger partial charge on any atom is 0.410 e. The molecule has 2 saturated heterocycles. The van der Waals surface area contributed by atoms with Gasteiger partial charge in [-0.25, -0.2) is 9.59 Å². The molecule has 0 radical (unpaired) electrons. The third-order valence-corrected chi connectivity index (χ3v) is 3.02. The van der Waals surface area contributed by atoms with Crippen LogP contribution in [-0.4, -0.2) is 53.8 Å². The molecular weight excluding hydrogens is 212 g/mol. The first-order valence-corrected chi connectivity index (χ1v) is 5.58. The molecule has 90 valence electrons. The number of carboxylic acid groups (broad SMARTS) is 1. The molecule has 0 spiro atoms. The van der Waals surface area contributed by atoms with Crippen molar-refractivity contribution in [3.05, 3.63) is 0 Å². The van der Waals surface area contributed by atoms with E-state index in [2.05, 4.69) is 5.32 Å². The number of cyclic esters (lactones) is 1. The van der Waals surface area contributed by atoms with E-state index in [1.165, 1.54) is 11.3 Å². The maximum absolute atomic E-state index is 11.4. The number of carbonyl (C=O) groups is 2. The Morgan fingerprint density at radius 1 is 1.56 bits per heavy atom. The zero-order valence-corrected chi connectivity index (χ0v) is 9.02. The Hall–Kier alpha value is -1.30. The van der Waals surface area contributed by atoms with Crippen molar-refractivity contribution in [3.63, 3.8) is 0 Å². The summed E-state index contributed by atoms with van der Waals surface area (Å²) in [4.78, 5) is 23.5. The summed E-state index contributed by atoms with van der Waals surface area (Å²) in [6.07, 6.45) is 1.83. The molecule has 2 heterocycles. The number of ether oxygens (including phenoxy) is 1. The van der Waals surface area contributed by atoms with Crippen molar-refractivity contribution in [3.8, 4) is 0 Å². The molecule has 1 amide bonds. The number of hydrogen-bond acceptors (Lipinski definition) is 4. The number of amides is 1. The van der Waals surface area contributed by atoms with Gasteiger partial charge in [-0.05, 0) is 19.4 Å². The van der Waals surface area contributed by atoms with E-state index in [1.807, 2.05) is 0 Å². The number of nitrogens with zero attached hydrogens (tertiary/aromatic N) is 1. The fourth-order valence-corrected chi connectivity index (χ4v) is 2.13. The predicted octanol–water partition coefficient (Wildman–Crippen LogP) is 0.0339. The zero-order valence-electron chi connectivity index (χ0n) is 9.02. The molecule has 0 aromatic rings. The molecule has 16 heavy (non-hydrogen) atoms. The lowest BCUT2D eigenvalue weighted by molar-refractivity contribution is -0.144. The topological polar surface area (TPSA) is 78.9 Å². The highest BCUT2D eigenvalue weighted by Crippen LogP contribution is 2.15. The second kappa shape index (κ2) is 4.69. The normalized spacial score (nSPS) is 30.2. The fraction of sp³-hybridized carbons (Fsp3) is 0.800. The van der Waals surface area contributed by atoms with Crippen molar-refractivity contribution in [2.75, 3.05) is 19.6 Å². The Morgan fingerprint density at radius 3 is 2.94 bits per heavy atom. The quantitative estimate of drug-likeness (QED) is 0.712. The Labute approximate surface area is 93.6 Å². The van der Waals surface area contributed by atoms with E-state index < -0.39 is 18.2 Å². The van der Waals surface area contributed by atoms with Crippen LogP contribution in [0.2, 0.25) is 0 Å². The van der Waals surface area contributed by atoms with E-state index in [0.717, 1.165) is 19.4 Å². The van der Waals surface area contributed by atoms with Gasteiger partial charge < -0.3 is 20.1 Å². The second-order valence-corrected chi connectivity index (χ2v) is 4.26. The highest BCUT2D eigenvalue weighted by Gasteiger charge is 2.36. The lowest BCUT2D eigenvalue weighted by Crippen LogP contribution is -2.44. The van der Waals surface area contributed by atoms with E-state index in [1.54, 1.807) is 0 Å². The van der Waals surface area contributed by atoms with Crippen LogP contribution in [0.3, 0.4) is 0 Å². The van der Waals surface area contributed by atoms with Crippen LogP contribution in [0.1, 0.15) is 19.3 Å². The molecule has 2 aliphatic rings. The van der Waals surface area contributed by atoms with Gasteiger partial charge in [-0.3, -0.25) is 0 Å². The summed E-state index contributed by atoms with van der Waals surface area (Å²) in [6.45, 7) is 1.67. The third kappa shape index (κ3) is 2.44. The predicted molar refractivity (Wildman–Crippen MR) is 55.1 cm³/mol. The average Bonchev–Trinajstić information content (AvgIpc) is 2.62. The zero-order chi connectivity index (χ0) is 11.5. The van der Waals surface area contributed by atoms with Gasteiger partial charge in [-0.1, -0.05) is 6.42 Å². The minimum Gasteiger partial charge on any atom is -0.478 e. The number of piperidine rings is 1. The summed E-state index contributed by atoms with van der Waals surface area (Å²) in [7, 11) is 0. The lowest BCUT2D eigenvalue weighted by atomic mass is 10.0. The molecule has 2 fully saturated rings. The monoisotopic (exact) mass is 228 g/mol. The molecule has 2 N–H and O–H groups in total. The molecule has 0 aromatic carbocycles. The largest absolute Gasteiger partial charge is 0.478 e. The average molecular weight is 228 g/mol. The van der Waals surface area contributed by atoms with Gasteiger partial charge in [0.2, 0.25) is 6.10 Å². The molecule has 2 atom stereocenters. The molecule has 2 rings (SSSR count). The first-order valence-electron chi connectivity index (χ1n) is 5.58. The van der Waals surface area contributed by atoms with Gasteiger partial charge in [0.15, 0.2) is 0 Å². The number of carboxylic acids is 1. The Balaban J connectivity index is 1.85. The second-order valence-electron chi connectivity index (χ2n) is 4.26. The van der Waals surface area contributed by atoms with Gasteiger partial charge >= 0.3 is 12.1 Å². The minimum absolute atomic E-state index is 0.159. The smallest absolute Gasteiger partial charge is 0.410 e. The van der Waals surface area contributed by atoms with Crippen molar-refractivity contribution in [1.29, 1.82) is 0 Å². The summed E-state index contributed by atoms with van der Waals surface area (Å²) < 4.78 is 4.74. The van der Waals surface area contributed by atoms with Crippen molar-refractivity contribution in [2.45, 2.75) is 31.4 Å². The summed E-state index contributed by atoms with van der Waals surface area (Å²) in [5, 5.41) is 12.0. The van der Waals surface area contributed by atoms with Crippen LogP contribution < -0.4 is 5.32 Å². The molecular formula is C10H16N2O4. The Morgan fingerprint density at radius 2 is 2.38 bits per heavy atom. The SMILES string of the molecule is O=C(O)[C@H]1CN(CC2CCCCN2)C(=O)O1. The Kier molecular flexibility index (Phi) is 3.28. The summed E-state index contributed by atoms with van der Waals surface area (Å²) >= 11 is 0. The van der Waals surface area contributed by atoms with E-state index in [-0.39, 0.29) is 12.6 Å². The number of carbonyl (C=O) groups excluding carboxylic acids is 1. The lowest BCUT2D eigenvalue weighted by Gasteiger charge is -2.26. The Bertz CT molecular complexity index is 289. The van der Waals surface area contributed by atoms with Crippen LogP contribution in [0.15, 0.2) is 0 Å². The highest BCUT2D eigenvalue weighted by molar-refractivity contribution is 5.81.